The van der Waals surface area contributed by atoms with Crippen molar-refractivity contribution in [2.24, 2.45) is 17.8 Å². The number of nitrogens with one attached hydrogen (secondary N) is 2. The highest BCUT2D eigenvalue weighted by Crippen LogP contribution is 2.48. The number of amides is 3. The SMILES string of the molecule is CCOC(=O)[C@H]1C[C@H](NC(=O)OC(C)(C)C)[C@H](Nc2ncc3c(n2)N(C)C(=O)N(c2c(Cl)c(OC)cc(OC)c2Cl)C3)CC1C1CCC1. The fourth-order valence-electron chi connectivity index (χ4n) is 6.75. The van der Waals surface area contributed by atoms with Crippen LogP contribution in [-0.4, -0.2) is 73.6 Å². The lowest BCUT2D eigenvalue weighted by Gasteiger charge is -2.46. The Labute approximate surface area is 290 Å². The maximum Gasteiger partial charge on any atom is 0.407 e. The maximum absolute atomic E-state index is 13.8. The van der Waals surface area contributed by atoms with Crippen molar-refractivity contribution in [3.8, 4) is 11.5 Å². The van der Waals surface area contributed by atoms with Crippen LogP contribution in [0.15, 0.2) is 12.3 Å². The van der Waals surface area contributed by atoms with Crippen LogP contribution >= 0.6 is 23.2 Å². The Hall–Kier alpha value is -3.71. The van der Waals surface area contributed by atoms with Gasteiger partial charge in [0.25, 0.3) is 0 Å². The molecule has 2 aliphatic carbocycles. The highest BCUT2D eigenvalue weighted by atomic mass is 35.5. The van der Waals surface area contributed by atoms with Crippen LogP contribution in [0.4, 0.5) is 27.0 Å². The standard InChI is InChI=1S/C33H44Cl2N6O7/c1-8-47-29(42)20-13-22(38-31(43)48-33(2,3)4)21(12-19(20)17-10-9-11-17)37-30-36-15-18-16-41(32(44)40(5)28(18)39-30)27-25(34)23(45-6)14-24(46-7)26(27)35/h14-15,17,19-22H,8-13,16H2,1-7H3,(H,38,43)(H,36,37,39)/t19?,20-,21+,22-/m0/s1. The summed E-state index contributed by atoms with van der Waals surface area (Å²) in [5, 5.41) is 6.75. The fraction of sp³-hybridized carbons (Fsp3) is 0.606. The number of methoxy groups -OCH3 is 2. The van der Waals surface area contributed by atoms with E-state index in [0.29, 0.717) is 41.6 Å². The number of hydrogen-bond acceptors (Lipinski definition) is 10. The zero-order valence-electron chi connectivity index (χ0n) is 28.4. The van der Waals surface area contributed by atoms with Crippen LogP contribution in [0.5, 0.6) is 11.5 Å². The minimum absolute atomic E-state index is 0.0665. The number of carbonyl (C=O) groups excluding carboxylic acids is 3. The molecule has 2 N–H and O–H groups in total. The molecule has 5 rings (SSSR count). The van der Waals surface area contributed by atoms with Gasteiger partial charge in [-0.25, -0.2) is 14.6 Å². The number of nitrogens with zero attached hydrogens (tertiary/aromatic N) is 4. The first kappa shape index (κ1) is 35.6. The summed E-state index contributed by atoms with van der Waals surface area (Å²) in [5.41, 5.74) is 0.197. The molecule has 0 radical (unpaired) electrons. The van der Waals surface area contributed by atoms with Gasteiger partial charge in [0.15, 0.2) is 0 Å². The number of hydrogen-bond donors (Lipinski definition) is 2. The van der Waals surface area contributed by atoms with Crippen molar-refractivity contribution in [3.63, 3.8) is 0 Å². The molecule has 0 spiro atoms. The summed E-state index contributed by atoms with van der Waals surface area (Å²) >= 11 is 13.3. The van der Waals surface area contributed by atoms with Gasteiger partial charge in [-0.1, -0.05) is 42.5 Å². The maximum atomic E-state index is 13.8. The molecule has 2 aromatic rings. The molecule has 262 valence electrons. The Bertz CT molecular complexity index is 1520. The van der Waals surface area contributed by atoms with Gasteiger partial charge in [0.2, 0.25) is 5.95 Å². The summed E-state index contributed by atoms with van der Waals surface area (Å²) in [4.78, 5) is 52.1. The second-order valence-electron chi connectivity index (χ2n) is 13.4. The average molecular weight is 708 g/mol. The van der Waals surface area contributed by atoms with Gasteiger partial charge in [-0.15, -0.1) is 0 Å². The number of urea groups is 1. The first-order valence-corrected chi connectivity index (χ1v) is 17.0. The van der Waals surface area contributed by atoms with Crippen molar-refractivity contribution >= 4 is 58.7 Å². The van der Waals surface area contributed by atoms with E-state index in [2.05, 4.69) is 15.6 Å². The number of benzene rings is 1. The molecule has 2 saturated carbocycles. The highest BCUT2D eigenvalue weighted by molar-refractivity contribution is 6.42. The Kier molecular flexibility index (Phi) is 10.7. The van der Waals surface area contributed by atoms with Crippen LogP contribution in [0.1, 0.15) is 65.4 Å². The number of halogens is 2. The van der Waals surface area contributed by atoms with Crippen molar-refractivity contribution in [2.45, 2.75) is 84.0 Å². The summed E-state index contributed by atoms with van der Waals surface area (Å²) in [6, 6.07) is 0.333. The molecule has 1 aromatic carbocycles. The molecule has 4 atom stereocenters. The highest BCUT2D eigenvalue weighted by Gasteiger charge is 2.47. The molecule has 1 unspecified atom stereocenters. The van der Waals surface area contributed by atoms with Gasteiger partial charge < -0.3 is 29.6 Å². The Morgan fingerprint density at radius 1 is 1.06 bits per heavy atom. The lowest BCUT2D eigenvalue weighted by Crippen LogP contribution is -2.56. The third-order valence-corrected chi connectivity index (χ3v) is 9.95. The topological polar surface area (TPSA) is 144 Å². The monoisotopic (exact) mass is 706 g/mol. The number of esters is 1. The number of aromatic nitrogens is 2. The minimum Gasteiger partial charge on any atom is -0.495 e. The quantitative estimate of drug-likeness (QED) is 0.280. The van der Waals surface area contributed by atoms with Crippen molar-refractivity contribution in [3.05, 3.63) is 27.9 Å². The molecule has 48 heavy (non-hydrogen) atoms. The van der Waals surface area contributed by atoms with Crippen LogP contribution in [0.3, 0.4) is 0 Å². The molecule has 0 saturated heterocycles. The normalized spacial score (nSPS) is 22.7. The van der Waals surface area contributed by atoms with Gasteiger partial charge in [-0.05, 0) is 52.4 Å². The van der Waals surface area contributed by atoms with Crippen molar-refractivity contribution in [1.82, 2.24) is 15.3 Å². The smallest absolute Gasteiger partial charge is 0.407 e. The van der Waals surface area contributed by atoms with Gasteiger partial charge in [-0.3, -0.25) is 14.6 Å². The molecule has 3 aliphatic rings. The van der Waals surface area contributed by atoms with E-state index in [1.807, 2.05) is 0 Å². The molecule has 1 aliphatic heterocycles. The summed E-state index contributed by atoms with van der Waals surface area (Å²) in [7, 11) is 4.53. The number of rotatable bonds is 9. The van der Waals surface area contributed by atoms with E-state index >= 15 is 0 Å². The van der Waals surface area contributed by atoms with E-state index < -0.39 is 23.8 Å². The van der Waals surface area contributed by atoms with Crippen LogP contribution in [0.2, 0.25) is 10.0 Å². The van der Waals surface area contributed by atoms with Gasteiger partial charge in [0, 0.05) is 30.9 Å². The van der Waals surface area contributed by atoms with Gasteiger partial charge in [0.1, 0.15) is 33.0 Å². The van der Waals surface area contributed by atoms with Gasteiger partial charge in [0.05, 0.1) is 45.0 Å². The molecule has 0 bridgehead atoms. The Morgan fingerprint density at radius 3 is 2.29 bits per heavy atom. The molecule has 1 aromatic heterocycles. The number of fused-ring (bicyclic) bond motifs is 1. The predicted octanol–water partition coefficient (Wildman–Crippen LogP) is 6.44. The zero-order valence-corrected chi connectivity index (χ0v) is 29.9. The summed E-state index contributed by atoms with van der Waals surface area (Å²) < 4.78 is 21.9. The number of carbonyl (C=O) groups is 3. The van der Waals surface area contributed by atoms with E-state index in [1.165, 1.54) is 24.0 Å². The number of alkyl carbamates (subject to hydrolysis) is 1. The zero-order chi connectivity index (χ0) is 34.9. The lowest BCUT2D eigenvalue weighted by atomic mass is 9.63. The molecular formula is C33H44Cl2N6O7. The van der Waals surface area contributed by atoms with E-state index in [-0.39, 0.29) is 58.7 Å². The van der Waals surface area contributed by atoms with Crippen LogP contribution in [0.25, 0.3) is 0 Å². The molecule has 2 fully saturated rings. The van der Waals surface area contributed by atoms with Crippen molar-refractivity contribution < 1.29 is 33.3 Å². The van der Waals surface area contributed by atoms with E-state index in [9.17, 15) is 14.4 Å². The van der Waals surface area contributed by atoms with E-state index in [4.69, 9.17) is 47.1 Å². The first-order valence-electron chi connectivity index (χ1n) is 16.2. The largest absolute Gasteiger partial charge is 0.495 e. The van der Waals surface area contributed by atoms with E-state index in [0.717, 1.165) is 19.3 Å². The van der Waals surface area contributed by atoms with Crippen LogP contribution in [-0.2, 0) is 20.8 Å². The predicted molar refractivity (Wildman–Crippen MR) is 182 cm³/mol. The van der Waals surface area contributed by atoms with Crippen molar-refractivity contribution in [1.29, 1.82) is 0 Å². The third-order valence-electron chi connectivity index (χ3n) is 9.22. The van der Waals surface area contributed by atoms with Crippen molar-refractivity contribution in [2.75, 3.05) is 43.0 Å². The minimum atomic E-state index is -0.701. The van der Waals surface area contributed by atoms with Crippen LogP contribution in [0, 0.1) is 17.8 Å². The molecule has 13 nitrogen and oxygen atoms in total. The second-order valence-corrected chi connectivity index (χ2v) is 14.2. The third kappa shape index (κ3) is 7.31. The van der Waals surface area contributed by atoms with Crippen LogP contribution < -0.4 is 29.9 Å². The number of anilines is 3. The lowest BCUT2D eigenvalue weighted by molar-refractivity contribution is -0.153. The van der Waals surface area contributed by atoms with Gasteiger partial charge in [-0.2, -0.15) is 4.98 Å². The fourth-order valence-corrected chi connectivity index (χ4v) is 7.46. The second kappa shape index (κ2) is 14.4. The first-order chi connectivity index (χ1) is 22.8. The average Bonchev–Trinajstić information content (AvgIpc) is 2.99. The Balaban J connectivity index is 1.43. The summed E-state index contributed by atoms with van der Waals surface area (Å²) in [5.74, 6) is 1.15. The summed E-state index contributed by atoms with van der Waals surface area (Å²) in [6.45, 7) is 7.56. The molecular weight excluding hydrogens is 663 g/mol. The molecule has 3 amide bonds. The Morgan fingerprint density at radius 2 is 1.73 bits per heavy atom. The van der Waals surface area contributed by atoms with Gasteiger partial charge >= 0.3 is 18.1 Å². The molecule has 2 heterocycles. The summed E-state index contributed by atoms with van der Waals surface area (Å²) in [6.07, 6.45) is 5.25. The molecule has 15 heteroatoms. The number of ether oxygens (including phenoxy) is 4. The van der Waals surface area contributed by atoms with E-state index in [1.54, 1.807) is 47.0 Å².